The fourth-order valence-electron chi connectivity index (χ4n) is 7.96. The minimum absolute atomic E-state index is 1.02. The van der Waals surface area contributed by atoms with E-state index in [1.807, 2.05) is 0 Å². The molecule has 2 heterocycles. The molecular weight excluding hydrogens is 609 g/mol. The first-order chi connectivity index (χ1) is 24.8. The van der Waals surface area contributed by atoms with E-state index < -0.39 is 0 Å². The quantitative estimate of drug-likeness (QED) is 0.0792. The average Bonchev–Trinajstić information content (AvgIpc) is 3.14. The maximum absolute atomic E-state index is 5.22. The summed E-state index contributed by atoms with van der Waals surface area (Å²) in [5.41, 5.74) is 7.04. The molecule has 0 radical (unpaired) electrons. The molecule has 0 spiro atoms. The van der Waals surface area contributed by atoms with Crippen LogP contribution in [0.25, 0.3) is 0 Å². The highest BCUT2D eigenvalue weighted by Gasteiger charge is 2.24. The molecule has 0 aliphatic carbocycles. The SMILES string of the molecule is CCCCCCCCCCCCCCN1c2ccccc2N=c2cc3c(cc21)=Nc1ccccc1N3CCCCCCCCCCCCCC. The first kappa shape index (κ1) is 38.1. The fourth-order valence-corrected chi connectivity index (χ4v) is 7.96. The zero-order chi connectivity index (χ0) is 34.6. The minimum Gasteiger partial charge on any atom is -0.338 e. The lowest BCUT2D eigenvalue weighted by molar-refractivity contribution is 0.544. The molecule has 0 amide bonds. The molecule has 272 valence electrons. The van der Waals surface area contributed by atoms with Crippen molar-refractivity contribution in [3.05, 3.63) is 71.4 Å². The van der Waals surface area contributed by atoms with E-state index in [1.54, 1.807) is 0 Å². The van der Waals surface area contributed by atoms with Crippen LogP contribution in [0.2, 0.25) is 0 Å². The van der Waals surface area contributed by atoms with Gasteiger partial charge in [-0.2, -0.15) is 0 Å². The predicted molar refractivity (Wildman–Crippen MR) is 217 cm³/mol. The van der Waals surface area contributed by atoms with Gasteiger partial charge in [0.25, 0.3) is 0 Å². The fraction of sp³-hybridized carbons (Fsp3) is 0.609. The van der Waals surface area contributed by atoms with Gasteiger partial charge in [-0.3, -0.25) is 0 Å². The Morgan fingerprint density at radius 1 is 0.360 bits per heavy atom. The molecule has 5 rings (SSSR count). The monoisotopic (exact) mass is 677 g/mol. The van der Waals surface area contributed by atoms with Crippen LogP contribution in [0, 0.1) is 0 Å². The normalized spacial score (nSPS) is 12.9. The highest BCUT2D eigenvalue weighted by Crippen LogP contribution is 2.39. The Hall–Kier alpha value is -3.14. The van der Waals surface area contributed by atoms with Crippen LogP contribution < -0.4 is 20.5 Å². The van der Waals surface area contributed by atoms with Crippen molar-refractivity contribution in [1.82, 2.24) is 0 Å². The van der Waals surface area contributed by atoms with Gasteiger partial charge in [0.05, 0.1) is 44.8 Å². The van der Waals surface area contributed by atoms with Gasteiger partial charge in [0.15, 0.2) is 0 Å². The lowest BCUT2D eigenvalue weighted by Gasteiger charge is -2.33. The maximum Gasteiger partial charge on any atom is 0.0897 e. The minimum atomic E-state index is 1.02. The summed E-state index contributed by atoms with van der Waals surface area (Å²) in [6.45, 7) is 6.65. The third kappa shape index (κ3) is 11.4. The van der Waals surface area contributed by atoms with E-state index in [9.17, 15) is 0 Å². The summed E-state index contributed by atoms with van der Waals surface area (Å²) in [6.07, 6.45) is 32.9. The van der Waals surface area contributed by atoms with Crippen molar-refractivity contribution in [2.45, 2.75) is 168 Å². The summed E-state index contributed by atoms with van der Waals surface area (Å²) in [4.78, 5) is 15.5. The molecule has 0 aromatic heterocycles. The van der Waals surface area contributed by atoms with Crippen LogP contribution in [0.4, 0.5) is 34.1 Å². The molecule has 0 saturated heterocycles. The van der Waals surface area contributed by atoms with E-state index >= 15 is 0 Å². The molecule has 3 aromatic carbocycles. The van der Waals surface area contributed by atoms with Crippen LogP contribution in [0.5, 0.6) is 0 Å². The molecule has 3 aromatic rings. The Labute approximate surface area is 305 Å². The van der Waals surface area contributed by atoms with Gasteiger partial charge < -0.3 is 9.80 Å². The van der Waals surface area contributed by atoms with E-state index in [-0.39, 0.29) is 0 Å². The van der Waals surface area contributed by atoms with Crippen LogP contribution in [0.1, 0.15) is 168 Å². The van der Waals surface area contributed by atoms with Gasteiger partial charge in [-0.05, 0) is 49.2 Å². The van der Waals surface area contributed by atoms with Crippen molar-refractivity contribution in [2.75, 3.05) is 22.9 Å². The number of benzene rings is 3. The highest BCUT2D eigenvalue weighted by atomic mass is 15.2. The Balaban J connectivity index is 1.17. The molecule has 4 nitrogen and oxygen atoms in total. The second-order valence-corrected chi connectivity index (χ2v) is 15.1. The topological polar surface area (TPSA) is 31.2 Å². The summed E-state index contributed by atoms with van der Waals surface area (Å²) in [5, 5.41) is 2.16. The van der Waals surface area contributed by atoms with E-state index in [4.69, 9.17) is 9.98 Å². The van der Waals surface area contributed by atoms with Gasteiger partial charge in [0, 0.05) is 13.1 Å². The van der Waals surface area contributed by atoms with Crippen molar-refractivity contribution in [3.8, 4) is 0 Å². The summed E-state index contributed by atoms with van der Waals surface area (Å²) in [6, 6.07) is 22.1. The summed E-state index contributed by atoms with van der Waals surface area (Å²) < 4.78 is 0. The van der Waals surface area contributed by atoms with Gasteiger partial charge >= 0.3 is 0 Å². The van der Waals surface area contributed by atoms with Crippen LogP contribution in [-0.4, -0.2) is 13.1 Å². The number of unbranched alkanes of at least 4 members (excludes halogenated alkanes) is 22. The number of rotatable bonds is 26. The Morgan fingerprint density at radius 2 is 0.660 bits per heavy atom. The van der Waals surface area contributed by atoms with Crippen molar-refractivity contribution >= 4 is 34.1 Å². The molecule has 0 saturated carbocycles. The lowest BCUT2D eigenvalue weighted by Crippen LogP contribution is -2.34. The molecule has 0 bridgehead atoms. The first-order valence-corrected chi connectivity index (χ1v) is 21.1. The summed E-state index contributed by atoms with van der Waals surface area (Å²) >= 11 is 0. The molecule has 0 atom stereocenters. The smallest absolute Gasteiger partial charge is 0.0897 e. The van der Waals surface area contributed by atoms with Gasteiger partial charge in [0.1, 0.15) is 0 Å². The molecule has 50 heavy (non-hydrogen) atoms. The van der Waals surface area contributed by atoms with E-state index in [0.29, 0.717) is 0 Å². The Morgan fingerprint density at radius 3 is 1.00 bits per heavy atom. The third-order valence-corrected chi connectivity index (χ3v) is 11.0. The van der Waals surface area contributed by atoms with Gasteiger partial charge in [-0.25, -0.2) is 9.98 Å². The van der Waals surface area contributed by atoms with Crippen molar-refractivity contribution in [2.24, 2.45) is 9.98 Å². The van der Waals surface area contributed by atoms with Crippen LogP contribution in [0.3, 0.4) is 0 Å². The molecule has 2 aliphatic rings. The summed E-state index contributed by atoms with van der Waals surface area (Å²) in [7, 11) is 0. The van der Waals surface area contributed by atoms with Crippen molar-refractivity contribution in [1.29, 1.82) is 0 Å². The predicted octanol–water partition coefficient (Wildman–Crippen LogP) is 13.9. The number of nitrogens with zero attached hydrogens (tertiary/aromatic N) is 4. The second kappa shape index (κ2) is 21.9. The standard InChI is InChI=1S/C46H68N4/c1-3-5-7-9-11-13-15-17-19-21-23-29-35-49-43-33-27-25-31-39(43)47-41-38-46-42(37-45(41)49)48-40-32-26-28-34-44(40)50(46)36-30-24-22-20-18-16-14-12-10-8-6-4-2/h25-28,31-34,37-38H,3-24,29-30,35-36H2,1-2H3. The first-order valence-electron chi connectivity index (χ1n) is 21.1. The molecule has 4 heteroatoms. The number of hydrogen-bond donors (Lipinski definition) is 0. The van der Waals surface area contributed by atoms with Crippen molar-refractivity contribution < 1.29 is 0 Å². The van der Waals surface area contributed by atoms with E-state index in [0.717, 1.165) is 35.2 Å². The van der Waals surface area contributed by atoms with Gasteiger partial charge in [-0.1, -0.05) is 179 Å². The third-order valence-electron chi connectivity index (χ3n) is 11.0. The molecular formula is C46H68N4. The number of hydrogen-bond acceptors (Lipinski definition) is 4. The highest BCUT2D eigenvalue weighted by molar-refractivity contribution is 5.81. The summed E-state index contributed by atoms with van der Waals surface area (Å²) in [5.74, 6) is 0. The zero-order valence-corrected chi connectivity index (χ0v) is 31.9. The van der Waals surface area contributed by atoms with E-state index in [1.165, 1.54) is 177 Å². The largest absolute Gasteiger partial charge is 0.338 e. The number of fused-ring (bicyclic) bond motifs is 4. The number of para-hydroxylation sites is 4. The second-order valence-electron chi connectivity index (χ2n) is 15.1. The molecule has 2 aliphatic heterocycles. The molecule has 0 fully saturated rings. The van der Waals surface area contributed by atoms with Crippen LogP contribution in [0.15, 0.2) is 70.6 Å². The molecule has 0 unspecified atom stereocenters. The van der Waals surface area contributed by atoms with Crippen molar-refractivity contribution in [3.63, 3.8) is 0 Å². The average molecular weight is 677 g/mol. The van der Waals surface area contributed by atoms with Gasteiger partial charge in [0.2, 0.25) is 0 Å². The van der Waals surface area contributed by atoms with Crippen LogP contribution >= 0.6 is 0 Å². The van der Waals surface area contributed by atoms with Crippen LogP contribution in [-0.2, 0) is 0 Å². The Kier molecular flexibility index (Phi) is 16.7. The molecule has 0 N–H and O–H groups in total. The number of anilines is 4. The zero-order valence-electron chi connectivity index (χ0n) is 31.9. The lowest BCUT2D eigenvalue weighted by atomic mass is 10.0. The maximum atomic E-state index is 5.22. The van der Waals surface area contributed by atoms with E-state index in [2.05, 4.69) is 84.3 Å². The van der Waals surface area contributed by atoms with Gasteiger partial charge in [-0.15, -0.1) is 0 Å². The Bertz CT molecular complexity index is 1410.